The Bertz CT molecular complexity index is 492. The van der Waals surface area contributed by atoms with Gasteiger partial charge < -0.3 is 21.1 Å². The lowest BCUT2D eigenvalue weighted by Crippen LogP contribution is -2.38. The van der Waals surface area contributed by atoms with Gasteiger partial charge in [0.15, 0.2) is 0 Å². The van der Waals surface area contributed by atoms with Crippen LogP contribution in [0.3, 0.4) is 0 Å². The van der Waals surface area contributed by atoms with E-state index >= 15 is 0 Å². The first kappa shape index (κ1) is 16.8. The van der Waals surface area contributed by atoms with E-state index in [1.165, 1.54) is 0 Å². The molecule has 0 aliphatic rings. The largest absolute Gasteiger partial charge is 0.444 e. The van der Waals surface area contributed by atoms with E-state index in [-0.39, 0.29) is 6.04 Å². The van der Waals surface area contributed by atoms with Crippen LogP contribution in [0, 0.1) is 0 Å². The Hall–Kier alpha value is -2.24. The lowest BCUT2D eigenvalue weighted by atomic mass is 10.2. The van der Waals surface area contributed by atoms with Gasteiger partial charge in [0.1, 0.15) is 5.60 Å². The predicted octanol–water partition coefficient (Wildman–Crippen LogP) is 2.11. The van der Waals surface area contributed by atoms with Gasteiger partial charge in [-0.25, -0.2) is 4.79 Å². The molecule has 1 rings (SSSR count). The van der Waals surface area contributed by atoms with Crippen molar-refractivity contribution < 1.29 is 14.3 Å². The Labute approximate surface area is 125 Å². The van der Waals surface area contributed by atoms with Crippen LogP contribution in [0.2, 0.25) is 0 Å². The summed E-state index contributed by atoms with van der Waals surface area (Å²) in [5, 5.41) is 5.89. The third kappa shape index (κ3) is 6.65. The minimum atomic E-state index is -0.509. The highest BCUT2D eigenvalue weighted by molar-refractivity contribution is 5.93. The van der Waals surface area contributed by atoms with Crippen molar-refractivity contribution >= 4 is 17.7 Å². The predicted molar refractivity (Wildman–Crippen MR) is 82.3 cm³/mol. The molecule has 6 nitrogen and oxygen atoms in total. The van der Waals surface area contributed by atoms with Crippen molar-refractivity contribution in [1.29, 1.82) is 0 Å². The second kappa shape index (κ2) is 6.97. The Morgan fingerprint density at radius 2 is 1.81 bits per heavy atom. The molecule has 2 amide bonds. The summed E-state index contributed by atoms with van der Waals surface area (Å²) >= 11 is 0. The number of primary amides is 1. The highest BCUT2D eigenvalue weighted by Crippen LogP contribution is 2.10. The summed E-state index contributed by atoms with van der Waals surface area (Å²) in [7, 11) is 0. The highest BCUT2D eigenvalue weighted by atomic mass is 16.6. The van der Waals surface area contributed by atoms with E-state index in [2.05, 4.69) is 10.6 Å². The first-order valence-corrected chi connectivity index (χ1v) is 6.80. The number of hydrogen-bond donors (Lipinski definition) is 3. The van der Waals surface area contributed by atoms with Crippen molar-refractivity contribution in [3.8, 4) is 0 Å². The fourth-order valence-corrected chi connectivity index (χ4v) is 1.62. The van der Waals surface area contributed by atoms with Gasteiger partial charge in [0.2, 0.25) is 5.91 Å². The minimum absolute atomic E-state index is 0.0111. The van der Waals surface area contributed by atoms with Gasteiger partial charge >= 0.3 is 6.09 Å². The zero-order valence-corrected chi connectivity index (χ0v) is 12.9. The molecule has 0 heterocycles. The summed E-state index contributed by atoms with van der Waals surface area (Å²) in [6, 6.07) is 6.85. The van der Waals surface area contributed by atoms with Crippen LogP contribution in [-0.2, 0) is 4.74 Å². The van der Waals surface area contributed by atoms with E-state index in [1.807, 2.05) is 27.7 Å². The quantitative estimate of drug-likeness (QED) is 0.775. The molecule has 0 bridgehead atoms. The number of rotatable bonds is 5. The molecule has 0 aliphatic carbocycles. The molecule has 1 aromatic rings. The van der Waals surface area contributed by atoms with Gasteiger partial charge in [0.05, 0.1) is 0 Å². The van der Waals surface area contributed by atoms with Crippen molar-refractivity contribution in [2.75, 3.05) is 11.9 Å². The average molecular weight is 293 g/mol. The van der Waals surface area contributed by atoms with Crippen molar-refractivity contribution in [1.82, 2.24) is 5.32 Å². The first-order valence-electron chi connectivity index (χ1n) is 6.80. The molecular weight excluding hydrogens is 270 g/mol. The van der Waals surface area contributed by atoms with Crippen molar-refractivity contribution in [2.24, 2.45) is 5.73 Å². The van der Waals surface area contributed by atoms with Gasteiger partial charge in [-0.1, -0.05) is 0 Å². The third-order valence-corrected chi connectivity index (χ3v) is 2.53. The summed E-state index contributed by atoms with van der Waals surface area (Å²) in [6.45, 7) is 7.80. The molecule has 116 valence electrons. The fraction of sp³-hybridized carbons (Fsp3) is 0.467. The smallest absolute Gasteiger partial charge is 0.407 e. The van der Waals surface area contributed by atoms with Crippen LogP contribution in [0.1, 0.15) is 38.1 Å². The molecule has 4 N–H and O–H groups in total. The first-order chi connectivity index (χ1) is 9.67. The summed E-state index contributed by atoms with van der Waals surface area (Å²) in [4.78, 5) is 22.5. The SMILES string of the molecule is CC(CNC(=O)OC(C)(C)C)Nc1ccc(C(N)=O)cc1. The molecule has 21 heavy (non-hydrogen) atoms. The monoisotopic (exact) mass is 293 g/mol. The molecule has 1 atom stereocenters. The fourth-order valence-electron chi connectivity index (χ4n) is 1.62. The Morgan fingerprint density at radius 1 is 1.24 bits per heavy atom. The number of carbonyl (C=O) groups is 2. The van der Waals surface area contributed by atoms with Crippen LogP contribution in [0.4, 0.5) is 10.5 Å². The normalized spacial score (nSPS) is 12.4. The maximum atomic E-state index is 11.5. The number of benzene rings is 1. The van der Waals surface area contributed by atoms with Gasteiger partial charge in [0.25, 0.3) is 0 Å². The topological polar surface area (TPSA) is 93.4 Å². The Morgan fingerprint density at radius 3 is 2.29 bits per heavy atom. The van der Waals surface area contributed by atoms with Gasteiger partial charge in [-0.2, -0.15) is 0 Å². The number of alkyl carbamates (subject to hydrolysis) is 1. The number of hydrogen-bond acceptors (Lipinski definition) is 4. The molecule has 6 heteroatoms. The molecule has 0 saturated carbocycles. The van der Waals surface area contributed by atoms with Crippen LogP contribution in [0.5, 0.6) is 0 Å². The second-order valence-corrected chi connectivity index (χ2v) is 5.87. The highest BCUT2D eigenvalue weighted by Gasteiger charge is 2.16. The zero-order chi connectivity index (χ0) is 16.0. The van der Waals surface area contributed by atoms with Gasteiger partial charge in [0, 0.05) is 23.8 Å². The number of ether oxygens (including phenoxy) is 1. The maximum Gasteiger partial charge on any atom is 0.407 e. The van der Waals surface area contributed by atoms with Gasteiger partial charge in [-0.15, -0.1) is 0 Å². The number of amides is 2. The molecule has 0 fully saturated rings. The summed E-state index contributed by atoms with van der Waals surface area (Å²) in [5.41, 5.74) is 5.97. The van der Waals surface area contributed by atoms with E-state index in [1.54, 1.807) is 24.3 Å². The zero-order valence-electron chi connectivity index (χ0n) is 12.9. The molecule has 1 unspecified atom stereocenters. The third-order valence-electron chi connectivity index (χ3n) is 2.53. The van der Waals surface area contributed by atoms with Crippen LogP contribution in [0.25, 0.3) is 0 Å². The molecular formula is C15H23N3O3. The molecule has 0 saturated heterocycles. The van der Waals surface area contributed by atoms with E-state index in [9.17, 15) is 9.59 Å². The number of nitrogens with two attached hydrogens (primary N) is 1. The molecule has 1 aromatic carbocycles. The van der Waals surface area contributed by atoms with Crippen molar-refractivity contribution in [2.45, 2.75) is 39.3 Å². The van der Waals surface area contributed by atoms with Gasteiger partial charge in [-0.05, 0) is 52.0 Å². The van der Waals surface area contributed by atoms with E-state index < -0.39 is 17.6 Å². The average Bonchev–Trinajstić information content (AvgIpc) is 2.35. The standard InChI is InChI=1S/C15H23N3O3/c1-10(9-17-14(20)21-15(2,3)4)18-12-7-5-11(6-8-12)13(16)19/h5-8,10,18H,9H2,1-4H3,(H2,16,19)(H,17,20). The lowest BCUT2D eigenvalue weighted by molar-refractivity contribution is 0.0526. The van der Waals surface area contributed by atoms with Crippen LogP contribution in [-0.4, -0.2) is 30.2 Å². The molecule has 0 radical (unpaired) electrons. The molecule has 0 aromatic heterocycles. The second-order valence-electron chi connectivity index (χ2n) is 5.87. The summed E-state index contributed by atoms with van der Waals surface area (Å²) < 4.78 is 5.15. The van der Waals surface area contributed by atoms with Crippen molar-refractivity contribution in [3.63, 3.8) is 0 Å². The molecule has 0 aliphatic heterocycles. The minimum Gasteiger partial charge on any atom is -0.444 e. The van der Waals surface area contributed by atoms with Crippen LogP contribution >= 0.6 is 0 Å². The maximum absolute atomic E-state index is 11.5. The number of carbonyl (C=O) groups excluding carboxylic acids is 2. The van der Waals surface area contributed by atoms with Crippen molar-refractivity contribution in [3.05, 3.63) is 29.8 Å². The van der Waals surface area contributed by atoms with E-state index in [4.69, 9.17) is 10.5 Å². The summed E-state index contributed by atoms with van der Waals surface area (Å²) in [5.74, 6) is -0.457. The Balaban J connectivity index is 2.41. The van der Waals surface area contributed by atoms with Gasteiger partial charge in [-0.3, -0.25) is 4.79 Å². The Kier molecular flexibility index (Phi) is 5.58. The van der Waals surface area contributed by atoms with E-state index in [0.717, 1.165) is 5.69 Å². The van der Waals surface area contributed by atoms with Crippen LogP contribution < -0.4 is 16.4 Å². The molecule has 0 spiro atoms. The summed E-state index contributed by atoms with van der Waals surface area (Å²) in [6.07, 6.45) is -0.444. The number of nitrogens with one attached hydrogen (secondary N) is 2. The number of anilines is 1. The lowest BCUT2D eigenvalue weighted by Gasteiger charge is -2.21. The van der Waals surface area contributed by atoms with E-state index in [0.29, 0.717) is 12.1 Å². The van der Waals surface area contributed by atoms with Crippen LogP contribution in [0.15, 0.2) is 24.3 Å².